The third kappa shape index (κ3) is 22.9. The average Bonchev–Trinajstić information content (AvgIpc) is 2.58. The zero-order valence-corrected chi connectivity index (χ0v) is 17.1. The van der Waals surface area contributed by atoms with Crippen molar-refractivity contribution in [2.45, 2.75) is 97.0 Å². The fraction of sp³-hybridized carbons (Fsp3) is 0.900. The molecule has 3 N–H and O–H groups in total. The molecular weight excluding hydrogens is 334 g/mol. The minimum Gasteiger partial charge on any atom is -0.481 e. The van der Waals surface area contributed by atoms with Crippen LogP contribution in [-0.2, 0) is 9.59 Å². The lowest BCUT2D eigenvalue weighted by molar-refractivity contribution is -0.138. The summed E-state index contributed by atoms with van der Waals surface area (Å²) in [7, 11) is 1.68. The second-order valence-electron chi connectivity index (χ2n) is 6.90. The van der Waals surface area contributed by atoms with Gasteiger partial charge in [0.25, 0.3) is 0 Å². The Kier molecular flexibility index (Phi) is 21.0. The molecule has 1 amide bonds. The minimum atomic E-state index is -0.854. The van der Waals surface area contributed by atoms with E-state index in [4.69, 9.17) is 15.3 Å². The van der Waals surface area contributed by atoms with Crippen LogP contribution in [-0.4, -0.2) is 58.4 Å². The Morgan fingerprint density at radius 2 is 1.42 bits per heavy atom. The lowest BCUT2D eigenvalue weighted by Gasteiger charge is -2.15. The number of carbonyl (C=O) groups excluding carboxylic acids is 1. The van der Waals surface area contributed by atoms with Crippen molar-refractivity contribution in [3.63, 3.8) is 0 Å². The number of nitrogens with zero attached hydrogens (tertiary/aromatic N) is 1. The molecule has 0 aromatic heterocycles. The fourth-order valence-corrected chi connectivity index (χ4v) is 2.35. The highest BCUT2D eigenvalue weighted by Gasteiger charge is 2.09. The van der Waals surface area contributed by atoms with Crippen molar-refractivity contribution in [3.8, 4) is 0 Å². The number of carboxylic acids is 1. The van der Waals surface area contributed by atoms with Gasteiger partial charge in [0.2, 0.25) is 5.91 Å². The first-order chi connectivity index (χ1) is 12.3. The summed E-state index contributed by atoms with van der Waals surface area (Å²) in [4.78, 5) is 23.6. The summed E-state index contributed by atoms with van der Waals surface area (Å²) in [6.45, 7) is 4.27. The van der Waals surface area contributed by atoms with E-state index in [0.717, 1.165) is 12.8 Å². The Bertz CT molecular complexity index is 334. The van der Waals surface area contributed by atoms with E-state index in [1.54, 1.807) is 14.0 Å². The van der Waals surface area contributed by atoms with Crippen molar-refractivity contribution >= 4 is 11.9 Å². The molecule has 0 saturated carbocycles. The molecule has 0 aliphatic heterocycles. The van der Waals surface area contributed by atoms with Crippen LogP contribution >= 0.6 is 0 Å². The first-order valence-corrected chi connectivity index (χ1v) is 10.1. The van der Waals surface area contributed by atoms with Gasteiger partial charge in [0, 0.05) is 26.6 Å². The summed E-state index contributed by atoms with van der Waals surface area (Å²) in [5.74, 6) is -0.790. The topological polar surface area (TPSA) is 98.1 Å². The van der Waals surface area contributed by atoms with E-state index in [1.165, 1.54) is 49.8 Å². The molecule has 1 atom stereocenters. The smallest absolute Gasteiger partial charge is 0.305 e. The second-order valence-corrected chi connectivity index (χ2v) is 6.90. The molecule has 0 saturated heterocycles. The summed E-state index contributed by atoms with van der Waals surface area (Å²) in [6, 6.07) is 0. The lowest BCUT2D eigenvalue weighted by atomic mass is 10.1. The number of carbonyl (C=O) groups is 2. The number of aliphatic hydroxyl groups is 2. The number of hydrogen-bond donors (Lipinski definition) is 3. The Labute approximate surface area is 159 Å². The summed E-state index contributed by atoms with van der Waals surface area (Å²) in [5.41, 5.74) is 0. The molecular formula is C20H41NO5. The van der Waals surface area contributed by atoms with E-state index >= 15 is 0 Å². The number of aliphatic carboxylic acids is 1. The predicted octanol–water partition coefficient (Wildman–Crippen LogP) is 3.59. The van der Waals surface area contributed by atoms with E-state index in [2.05, 4.69) is 6.92 Å². The Hall–Kier alpha value is -1.14. The van der Waals surface area contributed by atoms with Gasteiger partial charge in [-0.1, -0.05) is 58.3 Å². The van der Waals surface area contributed by atoms with Crippen molar-refractivity contribution in [2.24, 2.45) is 0 Å². The summed E-state index contributed by atoms with van der Waals surface area (Å²) >= 11 is 0. The van der Waals surface area contributed by atoms with Crippen molar-refractivity contribution in [1.29, 1.82) is 0 Å². The second kappa shape index (κ2) is 20.2. The zero-order chi connectivity index (χ0) is 20.2. The van der Waals surface area contributed by atoms with E-state index in [-0.39, 0.29) is 25.0 Å². The van der Waals surface area contributed by atoms with Gasteiger partial charge in [-0.2, -0.15) is 0 Å². The third-order valence-corrected chi connectivity index (χ3v) is 4.13. The Balaban J connectivity index is 0. The average molecular weight is 376 g/mol. The van der Waals surface area contributed by atoms with Crippen LogP contribution in [0.5, 0.6) is 0 Å². The highest BCUT2D eigenvalue weighted by atomic mass is 16.4. The van der Waals surface area contributed by atoms with Crippen molar-refractivity contribution in [1.82, 2.24) is 4.90 Å². The van der Waals surface area contributed by atoms with Crippen LogP contribution in [0.4, 0.5) is 0 Å². The van der Waals surface area contributed by atoms with Crippen molar-refractivity contribution in [2.75, 3.05) is 20.2 Å². The molecule has 0 aliphatic rings. The van der Waals surface area contributed by atoms with E-state index in [9.17, 15) is 9.59 Å². The third-order valence-electron chi connectivity index (χ3n) is 4.13. The molecule has 0 fully saturated rings. The van der Waals surface area contributed by atoms with Crippen LogP contribution in [0.2, 0.25) is 0 Å². The quantitative estimate of drug-likeness (QED) is 0.380. The molecule has 0 aromatic carbocycles. The van der Waals surface area contributed by atoms with Crippen LogP contribution < -0.4 is 0 Å². The highest BCUT2D eigenvalue weighted by molar-refractivity contribution is 5.76. The van der Waals surface area contributed by atoms with Crippen LogP contribution in [0.1, 0.15) is 90.9 Å². The first kappa shape index (κ1) is 27.1. The van der Waals surface area contributed by atoms with Gasteiger partial charge in [-0.3, -0.25) is 9.59 Å². The summed E-state index contributed by atoms with van der Waals surface area (Å²) in [5, 5.41) is 25.0. The van der Waals surface area contributed by atoms with Gasteiger partial charge in [-0.15, -0.1) is 0 Å². The summed E-state index contributed by atoms with van der Waals surface area (Å²) in [6.07, 6.45) is 11.8. The van der Waals surface area contributed by atoms with Gasteiger partial charge >= 0.3 is 5.97 Å². The minimum absolute atomic E-state index is 0.0278. The van der Waals surface area contributed by atoms with Gasteiger partial charge in [0.15, 0.2) is 0 Å². The van der Waals surface area contributed by atoms with Gasteiger partial charge in [-0.05, 0) is 19.8 Å². The number of carboxylic acid groups (broad SMARTS) is 1. The monoisotopic (exact) mass is 375 g/mol. The van der Waals surface area contributed by atoms with Gasteiger partial charge in [0.1, 0.15) is 0 Å². The molecule has 0 aromatic rings. The number of hydrogen-bond acceptors (Lipinski definition) is 4. The molecule has 0 radical (unpaired) electrons. The molecule has 0 rings (SSSR count). The SMILES string of the molecule is CC(O)CCO.CCCCCCCCCCCC(=O)N(C)CCC(=O)O. The van der Waals surface area contributed by atoms with Gasteiger partial charge in [-0.25, -0.2) is 0 Å². The largest absolute Gasteiger partial charge is 0.481 e. The Morgan fingerprint density at radius 1 is 0.923 bits per heavy atom. The van der Waals surface area contributed by atoms with Crippen LogP contribution in [0.25, 0.3) is 0 Å². The molecule has 0 aliphatic carbocycles. The van der Waals surface area contributed by atoms with Crippen LogP contribution in [0.3, 0.4) is 0 Å². The predicted molar refractivity (Wildman–Crippen MR) is 105 cm³/mol. The number of aliphatic hydroxyl groups excluding tert-OH is 2. The van der Waals surface area contributed by atoms with Crippen molar-refractivity contribution in [3.05, 3.63) is 0 Å². The zero-order valence-electron chi connectivity index (χ0n) is 17.1. The Morgan fingerprint density at radius 3 is 1.81 bits per heavy atom. The molecule has 0 spiro atoms. The fourth-order valence-electron chi connectivity index (χ4n) is 2.35. The maximum Gasteiger partial charge on any atom is 0.305 e. The number of rotatable bonds is 15. The van der Waals surface area contributed by atoms with E-state index in [1.807, 2.05) is 0 Å². The molecule has 26 heavy (non-hydrogen) atoms. The number of unbranched alkanes of at least 4 members (excludes halogenated alkanes) is 8. The van der Waals surface area contributed by atoms with E-state index in [0.29, 0.717) is 19.4 Å². The van der Waals surface area contributed by atoms with Crippen LogP contribution in [0.15, 0.2) is 0 Å². The number of amides is 1. The normalized spacial score (nSPS) is 11.4. The van der Waals surface area contributed by atoms with Gasteiger partial charge < -0.3 is 20.2 Å². The lowest BCUT2D eigenvalue weighted by Crippen LogP contribution is -2.28. The van der Waals surface area contributed by atoms with Gasteiger partial charge in [0.05, 0.1) is 12.5 Å². The molecule has 1 unspecified atom stereocenters. The first-order valence-electron chi connectivity index (χ1n) is 10.1. The maximum atomic E-state index is 11.7. The standard InChI is InChI=1S/C16H31NO3.C4H10O2/c1-3-4-5-6-7-8-9-10-11-12-15(18)17(2)14-13-16(19)20;1-4(6)2-3-5/h3-14H2,1-2H3,(H,19,20);4-6H,2-3H2,1H3. The van der Waals surface area contributed by atoms with Crippen LogP contribution in [0, 0.1) is 0 Å². The van der Waals surface area contributed by atoms with E-state index < -0.39 is 5.97 Å². The highest BCUT2D eigenvalue weighted by Crippen LogP contribution is 2.11. The molecule has 156 valence electrons. The van der Waals surface area contributed by atoms with Crippen molar-refractivity contribution < 1.29 is 24.9 Å². The molecule has 0 bridgehead atoms. The molecule has 0 heterocycles. The molecule has 6 heteroatoms. The summed E-state index contributed by atoms with van der Waals surface area (Å²) < 4.78 is 0. The maximum absolute atomic E-state index is 11.7. The molecule has 6 nitrogen and oxygen atoms in total.